The van der Waals surface area contributed by atoms with Gasteiger partial charge >= 0.3 is 0 Å². The highest BCUT2D eigenvalue weighted by atomic mass is 15.1. The normalized spacial score (nSPS) is 25.8. The van der Waals surface area contributed by atoms with Crippen LogP contribution >= 0.6 is 0 Å². The molecule has 1 saturated carbocycles. The Kier molecular flexibility index (Phi) is 5.53. The zero-order chi connectivity index (χ0) is 12.8. The number of rotatable bonds is 4. The molecule has 2 fully saturated rings. The minimum atomic E-state index is 0.703. The van der Waals surface area contributed by atoms with Crippen molar-refractivity contribution in [2.24, 2.45) is 5.92 Å². The van der Waals surface area contributed by atoms with Crippen molar-refractivity contribution in [2.45, 2.75) is 64.0 Å². The van der Waals surface area contributed by atoms with Crippen LogP contribution in [0.5, 0.6) is 0 Å². The lowest BCUT2D eigenvalue weighted by Gasteiger charge is -2.36. The molecule has 2 rings (SSSR count). The van der Waals surface area contributed by atoms with E-state index in [1.807, 2.05) is 0 Å². The molecular weight excluding hydrogens is 220 g/mol. The van der Waals surface area contributed by atoms with Crippen LogP contribution in [0.3, 0.4) is 0 Å². The summed E-state index contributed by atoms with van der Waals surface area (Å²) in [5, 5.41) is 3.87. The van der Waals surface area contributed by atoms with Crippen molar-refractivity contribution in [2.75, 3.05) is 19.6 Å². The maximum Gasteiger partial charge on any atom is 0.0598 e. The predicted molar refractivity (Wildman–Crippen MR) is 77.5 cm³/mol. The largest absolute Gasteiger partial charge is 0.311 e. The maximum atomic E-state index is 5.36. The fraction of sp³-hybridized carbons (Fsp3) is 0.875. The van der Waals surface area contributed by atoms with Gasteiger partial charge in [-0.25, -0.2) is 0 Å². The summed E-state index contributed by atoms with van der Waals surface area (Å²) in [6.07, 6.45) is 15.1. The van der Waals surface area contributed by atoms with Crippen LogP contribution in [0.1, 0.15) is 51.9 Å². The van der Waals surface area contributed by atoms with Crippen molar-refractivity contribution in [3.63, 3.8) is 0 Å². The van der Waals surface area contributed by atoms with Crippen LogP contribution in [-0.2, 0) is 0 Å². The van der Waals surface area contributed by atoms with Crippen LogP contribution in [-0.4, -0.2) is 36.6 Å². The van der Waals surface area contributed by atoms with Gasteiger partial charge in [-0.1, -0.05) is 25.2 Å². The molecule has 102 valence electrons. The van der Waals surface area contributed by atoms with Crippen LogP contribution in [0.2, 0.25) is 0 Å². The number of piperidine rings is 1. The number of nitrogens with one attached hydrogen (secondary N) is 1. The second-order valence-electron chi connectivity index (χ2n) is 6.11. The van der Waals surface area contributed by atoms with Gasteiger partial charge in [-0.15, -0.1) is 6.42 Å². The van der Waals surface area contributed by atoms with Crippen LogP contribution < -0.4 is 5.32 Å². The molecule has 0 aromatic rings. The molecule has 0 unspecified atom stereocenters. The van der Waals surface area contributed by atoms with Gasteiger partial charge in [0.25, 0.3) is 0 Å². The third-order valence-electron chi connectivity index (χ3n) is 4.76. The molecule has 0 aromatic heterocycles. The minimum Gasteiger partial charge on any atom is -0.311 e. The van der Waals surface area contributed by atoms with Crippen molar-refractivity contribution >= 4 is 0 Å². The topological polar surface area (TPSA) is 15.3 Å². The summed E-state index contributed by atoms with van der Waals surface area (Å²) < 4.78 is 0. The quantitative estimate of drug-likeness (QED) is 0.770. The molecule has 0 spiro atoms. The molecule has 18 heavy (non-hydrogen) atoms. The highest BCUT2D eigenvalue weighted by Gasteiger charge is 2.24. The molecule has 1 N–H and O–H groups in total. The van der Waals surface area contributed by atoms with E-state index in [0.29, 0.717) is 6.04 Å². The molecule has 1 heterocycles. The van der Waals surface area contributed by atoms with Gasteiger partial charge in [-0.05, 0) is 38.5 Å². The second-order valence-corrected chi connectivity index (χ2v) is 6.11. The molecule has 1 aliphatic heterocycles. The van der Waals surface area contributed by atoms with Gasteiger partial charge in [0.15, 0.2) is 0 Å². The molecule has 1 saturated heterocycles. The van der Waals surface area contributed by atoms with E-state index in [-0.39, 0.29) is 0 Å². The number of hydrogen-bond donors (Lipinski definition) is 1. The van der Waals surface area contributed by atoms with Crippen LogP contribution in [0, 0.1) is 18.3 Å². The van der Waals surface area contributed by atoms with Gasteiger partial charge in [-0.3, -0.25) is 4.90 Å². The van der Waals surface area contributed by atoms with Crippen LogP contribution in [0.25, 0.3) is 0 Å². The van der Waals surface area contributed by atoms with Gasteiger partial charge in [0, 0.05) is 25.2 Å². The summed E-state index contributed by atoms with van der Waals surface area (Å²) in [6.45, 7) is 5.55. The molecule has 1 aliphatic carbocycles. The van der Waals surface area contributed by atoms with Crippen LogP contribution in [0.15, 0.2) is 0 Å². The molecular formula is C16H28N2. The smallest absolute Gasteiger partial charge is 0.0598 e. The lowest BCUT2D eigenvalue weighted by molar-refractivity contribution is 0.189. The highest BCUT2D eigenvalue weighted by Crippen LogP contribution is 2.27. The van der Waals surface area contributed by atoms with Crippen molar-refractivity contribution < 1.29 is 0 Å². The average molecular weight is 248 g/mol. The Bertz CT molecular complexity index is 267. The highest BCUT2D eigenvalue weighted by molar-refractivity contribution is 4.91. The number of nitrogens with zero attached hydrogens (tertiary/aromatic N) is 1. The average Bonchev–Trinajstić information content (AvgIpc) is 2.42. The summed E-state index contributed by atoms with van der Waals surface area (Å²) in [5.74, 6) is 3.67. The molecule has 2 aliphatic rings. The van der Waals surface area contributed by atoms with E-state index < -0.39 is 0 Å². The Morgan fingerprint density at radius 3 is 2.44 bits per heavy atom. The molecule has 0 bridgehead atoms. The van der Waals surface area contributed by atoms with Gasteiger partial charge in [0.05, 0.1) is 6.54 Å². The monoisotopic (exact) mass is 248 g/mol. The predicted octanol–water partition coefficient (Wildman–Crippen LogP) is 2.64. The third-order valence-corrected chi connectivity index (χ3v) is 4.76. The Morgan fingerprint density at radius 1 is 1.17 bits per heavy atom. The summed E-state index contributed by atoms with van der Waals surface area (Å²) in [6, 6.07) is 1.42. The Labute approximate surface area is 113 Å². The fourth-order valence-electron chi connectivity index (χ4n) is 3.53. The third kappa shape index (κ3) is 4.00. The molecule has 1 atom stereocenters. The van der Waals surface area contributed by atoms with E-state index >= 15 is 0 Å². The van der Waals surface area contributed by atoms with E-state index in [9.17, 15) is 0 Å². The molecule has 2 nitrogen and oxygen atoms in total. The first-order valence-electron chi connectivity index (χ1n) is 7.71. The molecule has 0 radical (unpaired) electrons. The molecule has 0 amide bonds. The number of terminal acetylenes is 1. The SMILES string of the molecule is C#CCN1CCC(N[C@H](C)C2CCCCC2)CC1. The van der Waals surface area contributed by atoms with Crippen molar-refractivity contribution in [1.82, 2.24) is 10.2 Å². The summed E-state index contributed by atoms with van der Waals surface area (Å²) in [5.41, 5.74) is 0. The van der Waals surface area contributed by atoms with Gasteiger partial charge < -0.3 is 5.32 Å². The van der Waals surface area contributed by atoms with Crippen molar-refractivity contribution in [3.8, 4) is 12.3 Å². The van der Waals surface area contributed by atoms with E-state index in [4.69, 9.17) is 6.42 Å². The minimum absolute atomic E-state index is 0.703. The first-order chi connectivity index (χ1) is 8.79. The standard InChI is InChI=1S/C16H28N2/c1-3-11-18-12-9-16(10-13-18)17-14(2)15-7-5-4-6-8-15/h1,14-17H,4-13H2,2H3/t14-/m1/s1. The Hall–Kier alpha value is -0.520. The summed E-state index contributed by atoms with van der Waals surface area (Å²) in [7, 11) is 0. The van der Waals surface area contributed by atoms with E-state index in [2.05, 4.69) is 23.1 Å². The summed E-state index contributed by atoms with van der Waals surface area (Å²) in [4.78, 5) is 2.39. The zero-order valence-corrected chi connectivity index (χ0v) is 11.8. The first kappa shape index (κ1) is 13.9. The summed E-state index contributed by atoms with van der Waals surface area (Å²) >= 11 is 0. The lowest BCUT2D eigenvalue weighted by atomic mass is 9.84. The Balaban J connectivity index is 1.69. The lowest BCUT2D eigenvalue weighted by Crippen LogP contribution is -2.47. The van der Waals surface area contributed by atoms with Gasteiger partial charge in [0.1, 0.15) is 0 Å². The molecule has 2 heteroatoms. The van der Waals surface area contributed by atoms with Crippen LogP contribution in [0.4, 0.5) is 0 Å². The maximum absolute atomic E-state index is 5.36. The van der Waals surface area contributed by atoms with Crippen molar-refractivity contribution in [3.05, 3.63) is 0 Å². The van der Waals surface area contributed by atoms with E-state index in [1.165, 1.54) is 58.0 Å². The van der Waals surface area contributed by atoms with E-state index in [1.54, 1.807) is 0 Å². The van der Waals surface area contributed by atoms with Gasteiger partial charge in [-0.2, -0.15) is 0 Å². The number of likely N-dealkylation sites (tertiary alicyclic amines) is 1. The number of hydrogen-bond acceptors (Lipinski definition) is 2. The first-order valence-corrected chi connectivity index (χ1v) is 7.71. The van der Waals surface area contributed by atoms with Gasteiger partial charge in [0.2, 0.25) is 0 Å². The molecule has 0 aromatic carbocycles. The second kappa shape index (κ2) is 7.16. The van der Waals surface area contributed by atoms with Crippen molar-refractivity contribution in [1.29, 1.82) is 0 Å². The zero-order valence-electron chi connectivity index (χ0n) is 11.8. The fourth-order valence-corrected chi connectivity index (χ4v) is 3.53. The van der Waals surface area contributed by atoms with E-state index in [0.717, 1.165) is 18.5 Å². The Morgan fingerprint density at radius 2 is 1.83 bits per heavy atom.